The van der Waals surface area contributed by atoms with Gasteiger partial charge in [-0.1, -0.05) is 60.1 Å². The molecule has 0 saturated heterocycles. The minimum absolute atomic E-state index is 0. The standard InChI is InChI=1S/C26H21Cl2N3O6S.Na/c1-3-16-19(28)9-11-21(25(16)38(34,35)36)30-31-23-17-7-5-4-6-14(17)12-18(24(23)32)26(33)29-20-10-8-15(27)13-22(20)37-2;/h4-13,32H,3H2,1-2H3,(H,29,33)(H,34,35,36);/q;+1/p-1. The van der Waals surface area contributed by atoms with E-state index in [1.165, 1.54) is 37.4 Å². The van der Waals surface area contributed by atoms with E-state index >= 15 is 0 Å². The SMILES string of the molecule is CCc1c(Cl)ccc(N=Nc2c([O-])c(C(=O)Nc3ccc(Cl)cc3OC)cc3ccccc23)c1S(=O)(=O)O.[Na+]. The Bertz CT molecular complexity index is 1710. The summed E-state index contributed by atoms with van der Waals surface area (Å²) < 4.78 is 39.3. The van der Waals surface area contributed by atoms with Crippen molar-refractivity contribution in [3.63, 3.8) is 0 Å². The molecule has 0 aromatic heterocycles. The number of anilines is 1. The Balaban J connectivity index is 0.00000420. The van der Waals surface area contributed by atoms with Crippen molar-refractivity contribution in [2.45, 2.75) is 18.2 Å². The number of benzene rings is 4. The van der Waals surface area contributed by atoms with Crippen LogP contribution in [-0.2, 0) is 16.5 Å². The number of hydrogen-bond donors (Lipinski definition) is 2. The summed E-state index contributed by atoms with van der Waals surface area (Å²) in [5.74, 6) is -1.17. The Morgan fingerprint density at radius 2 is 1.79 bits per heavy atom. The molecule has 0 heterocycles. The third kappa shape index (κ3) is 6.55. The van der Waals surface area contributed by atoms with Crippen LogP contribution in [0.25, 0.3) is 10.8 Å². The number of fused-ring (bicyclic) bond motifs is 1. The van der Waals surface area contributed by atoms with Crippen LogP contribution < -0.4 is 44.7 Å². The van der Waals surface area contributed by atoms with Crippen molar-refractivity contribution in [2.75, 3.05) is 12.4 Å². The minimum atomic E-state index is -4.72. The number of hydrogen-bond acceptors (Lipinski definition) is 7. The van der Waals surface area contributed by atoms with Gasteiger partial charge in [0.05, 0.1) is 18.5 Å². The van der Waals surface area contributed by atoms with Crippen molar-refractivity contribution >= 4 is 67.1 Å². The van der Waals surface area contributed by atoms with Crippen LogP contribution >= 0.6 is 23.2 Å². The van der Waals surface area contributed by atoms with Gasteiger partial charge in [0.15, 0.2) is 0 Å². The Morgan fingerprint density at radius 3 is 2.46 bits per heavy atom. The second kappa shape index (κ2) is 12.6. The third-order valence-corrected chi connectivity index (χ3v) is 7.24. The molecule has 0 saturated carbocycles. The fourth-order valence-corrected chi connectivity index (χ4v) is 5.37. The number of nitrogens with zero attached hydrogens (tertiary/aromatic N) is 2. The van der Waals surface area contributed by atoms with Crippen molar-refractivity contribution in [1.82, 2.24) is 0 Å². The average molecular weight is 596 g/mol. The van der Waals surface area contributed by atoms with Gasteiger partial charge in [-0.2, -0.15) is 13.5 Å². The third-order valence-electron chi connectivity index (χ3n) is 5.68. The number of carbonyl (C=O) groups is 1. The number of azo groups is 1. The summed E-state index contributed by atoms with van der Waals surface area (Å²) in [6.45, 7) is 1.66. The molecule has 0 bridgehead atoms. The average Bonchev–Trinajstić information content (AvgIpc) is 2.88. The zero-order valence-corrected chi connectivity index (χ0v) is 25.4. The molecular weight excluding hydrogens is 576 g/mol. The molecule has 0 atom stereocenters. The van der Waals surface area contributed by atoms with Crippen molar-refractivity contribution in [3.8, 4) is 11.5 Å². The second-order valence-corrected chi connectivity index (χ2v) is 10.2. The molecule has 0 spiro atoms. The van der Waals surface area contributed by atoms with Crippen LogP contribution in [0.4, 0.5) is 17.1 Å². The predicted octanol–water partition coefficient (Wildman–Crippen LogP) is 3.71. The Labute approximate surface area is 256 Å². The van der Waals surface area contributed by atoms with E-state index in [2.05, 4.69) is 15.5 Å². The molecule has 0 unspecified atom stereocenters. The van der Waals surface area contributed by atoms with Crippen molar-refractivity contribution < 1.29 is 57.2 Å². The molecule has 0 aliphatic rings. The van der Waals surface area contributed by atoms with Crippen molar-refractivity contribution in [1.29, 1.82) is 0 Å². The number of methoxy groups -OCH3 is 1. The van der Waals surface area contributed by atoms with E-state index in [1.54, 1.807) is 37.3 Å². The first-order chi connectivity index (χ1) is 18.0. The van der Waals surface area contributed by atoms with Crippen molar-refractivity contribution in [2.24, 2.45) is 10.2 Å². The topological polar surface area (TPSA) is 140 Å². The summed E-state index contributed by atoms with van der Waals surface area (Å²) in [6, 6.07) is 15.4. The minimum Gasteiger partial charge on any atom is -0.870 e. The van der Waals surface area contributed by atoms with E-state index in [0.29, 0.717) is 27.2 Å². The largest absolute Gasteiger partial charge is 1.00 e. The zero-order chi connectivity index (χ0) is 27.6. The molecule has 13 heteroatoms. The number of halogens is 2. The fraction of sp³-hybridized carbons (Fsp3) is 0.115. The zero-order valence-electron chi connectivity index (χ0n) is 21.0. The van der Waals surface area contributed by atoms with E-state index in [4.69, 9.17) is 27.9 Å². The molecule has 4 aromatic carbocycles. The quantitative estimate of drug-likeness (QED) is 0.189. The van der Waals surface area contributed by atoms with Gasteiger partial charge in [-0.05, 0) is 47.7 Å². The van der Waals surface area contributed by atoms with E-state index < -0.39 is 26.7 Å². The van der Waals surface area contributed by atoms with Gasteiger partial charge in [0.25, 0.3) is 16.0 Å². The number of nitrogens with one attached hydrogen (secondary N) is 1. The van der Waals surface area contributed by atoms with E-state index in [1.807, 2.05) is 0 Å². The Hall–Kier alpha value is -2.70. The molecule has 4 rings (SSSR count). The second-order valence-electron chi connectivity index (χ2n) is 8.02. The molecule has 2 N–H and O–H groups in total. The summed E-state index contributed by atoms with van der Waals surface area (Å²) >= 11 is 12.1. The molecule has 9 nitrogen and oxygen atoms in total. The van der Waals surface area contributed by atoms with E-state index in [-0.39, 0.29) is 63.5 Å². The maximum Gasteiger partial charge on any atom is 1.00 e. The maximum atomic E-state index is 13.4. The van der Waals surface area contributed by atoms with Crippen LogP contribution in [0.1, 0.15) is 22.8 Å². The molecule has 196 valence electrons. The van der Waals surface area contributed by atoms with Gasteiger partial charge in [0.1, 0.15) is 16.3 Å². The van der Waals surface area contributed by atoms with Crippen LogP contribution in [0.15, 0.2) is 75.8 Å². The van der Waals surface area contributed by atoms with Crippen LogP contribution in [0.5, 0.6) is 11.5 Å². The predicted molar refractivity (Wildman–Crippen MR) is 144 cm³/mol. The summed E-state index contributed by atoms with van der Waals surface area (Å²) in [7, 11) is -3.31. The molecule has 0 radical (unpaired) electrons. The van der Waals surface area contributed by atoms with Gasteiger partial charge in [-0.3, -0.25) is 9.35 Å². The van der Waals surface area contributed by atoms with Crippen LogP contribution in [0.3, 0.4) is 0 Å². The molecular formula is C26H20Cl2N3NaO6S. The first-order valence-corrected chi connectivity index (χ1v) is 13.3. The van der Waals surface area contributed by atoms with E-state index in [0.717, 1.165) is 0 Å². The maximum absolute atomic E-state index is 13.4. The smallest absolute Gasteiger partial charge is 0.870 e. The Morgan fingerprint density at radius 1 is 1.08 bits per heavy atom. The molecule has 4 aromatic rings. The Kier molecular flexibility index (Phi) is 10.0. The fourth-order valence-electron chi connectivity index (χ4n) is 3.93. The summed E-state index contributed by atoms with van der Waals surface area (Å²) in [4.78, 5) is 12.7. The monoisotopic (exact) mass is 595 g/mol. The molecule has 0 aliphatic heterocycles. The van der Waals surface area contributed by atoms with Gasteiger partial charge in [0.2, 0.25) is 0 Å². The van der Waals surface area contributed by atoms with Crippen molar-refractivity contribution in [3.05, 3.63) is 81.8 Å². The first-order valence-electron chi connectivity index (χ1n) is 11.1. The van der Waals surface area contributed by atoms with Gasteiger partial charge in [0, 0.05) is 27.1 Å². The molecule has 0 aliphatic carbocycles. The molecule has 0 fully saturated rings. The molecule has 1 amide bonds. The van der Waals surface area contributed by atoms with Crippen LogP contribution in [0.2, 0.25) is 10.0 Å². The van der Waals surface area contributed by atoms with E-state index in [9.17, 15) is 22.9 Å². The summed E-state index contributed by atoms with van der Waals surface area (Å²) in [5.41, 5.74) is -0.176. The summed E-state index contributed by atoms with van der Waals surface area (Å²) in [5, 5.41) is 25.6. The van der Waals surface area contributed by atoms with Crippen LogP contribution in [0, 0.1) is 0 Å². The number of amides is 1. The van der Waals surface area contributed by atoms with Gasteiger partial charge in [-0.15, -0.1) is 5.11 Å². The van der Waals surface area contributed by atoms with Gasteiger partial charge >= 0.3 is 29.6 Å². The number of ether oxygens (including phenoxy) is 1. The summed E-state index contributed by atoms with van der Waals surface area (Å²) in [6.07, 6.45) is 0.191. The first kappa shape index (κ1) is 30.8. The van der Waals surface area contributed by atoms with Crippen LogP contribution in [-0.4, -0.2) is 26.0 Å². The van der Waals surface area contributed by atoms with Gasteiger partial charge in [-0.25, -0.2) is 0 Å². The number of rotatable bonds is 7. The molecule has 39 heavy (non-hydrogen) atoms. The van der Waals surface area contributed by atoms with Gasteiger partial charge < -0.3 is 15.2 Å². The number of carbonyl (C=O) groups excluding carboxylic acids is 1. The normalized spacial score (nSPS) is 11.4.